The number of fused-ring (bicyclic) bond motifs is 1. The van der Waals surface area contributed by atoms with Crippen molar-refractivity contribution in [1.29, 1.82) is 0 Å². The van der Waals surface area contributed by atoms with Crippen molar-refractivity contribution in [3.05, 3.63) is 65.5 Å². The van der Waals surface area contributed by atoms with E-state index in [4.69, 9.17) is 0 Å². The largest absolute Gasteiger partial charge is 0.506 e. The highest BCUT2D eigenvalue weighted by molar-refractivity contribution is 7.13. The van der Waals surface area contributed by atoms with Crippen LogP contribution in [0.15, 0.2) is 60.0 Å². The van der Waals surface area contributed by atoms with Crippen LogP contribution in [0.2, 0.25) is 0 Å². The second-order valence-corrected chi connectivity index (χ2v) is 6.48. The van der Waals surface area contributed by atoms with Crippen LogP contribution in [0.5, 0.6) is 5.75 Å². The fraction of sp³-hybridized carbons (Fsp3) is 0.0526. The van der Waals surface area contributed by atoms with Crippen molar-refractivity contribution in [1.82, 2.24) is 9.97 Å². The van der Waals surface area contributed by atoms with Crippen LogP contribution in [0.25, 0.3) is 21.6 Å². The van der Waals surface area contributed by atoms with Crippen molar-refractivity contribution in [3.8, 4) is 16.5 Å². The van der Waals surface area contributed by atoms with Gasteiger partial charge in [-0.15, -0.1) is 11.3 Å². The van der Waals surface area contributed by atoms with E-state index in [2.05, 4.69) is 15.3 Å². The Morgan fingerprint density at radius 3 is 2.71 bits per heavy atom. The molecule has 0 saturated heterocycles. The second-order valence-electron chi connectivity index (χ2n) is 5.54. The van der Waals surface area contributed by atoms with E-state index < -0.39 is 0 Å². The van der Waals surface area contributed by atoms with Gasteiger partial charge in [0.1, 0.15) is 11.6 Å². The van der Waals surface area contributed by atoms with Gasteiger partial charge in [0.25, 0.3) is 0 Å². The average molecular weight is 333 g/mol. The summed E-state index contributed by atoms with van der Waals surface area (Å²) >= 11 is 1.60. The van der Waals surface area contributed by atoms with Gasteiger partial charge in [0.05, 0.1) is 16.1 Å². The molecule has 0 unspecified atom stereocenters. The van der Waals surface area contributed by atoms with Crippen molar-refractivity contribution in [2.45, 2.75) is 6.92 Å². The van der Waals surface area contributed by atoms with E-state index >= 15 is 0 Å². The van der Waals surface area contributed by atoms with Crippen LogP contribution < -0.4 is 5.32 Å². The van der Waals surface area contributed by atoms with Crippen LogP contribution in [-0.4, -0.2) is 15.1 Å². The molecule has 4 aromatic rings. The zero-order valence-electron chi connectivity index (χ0n) is 13.0. The van der Waals surface area contributed by atoms with Gasteiger partial charge >= 0.3 is 0 Å². The Morgan fingerprint density at radius 2 is 1.88 bits per heavy atom. The quantitative estimate of drug-likeness (QED) is 0.511. The number of benzene rings is 2. The monoisotopic (exact) mass is 333 g/mol. The molecule has 0 atom stereocenters. The summed E-state index contributed by atoms with van der Waals surface area (Å²) < 4.78 is 0. The summed E-state index contributed by atoms with van der Waals surface area (Å²) in [6, 6.07) is 17.3. The van der Waals surface area contributed by atoms with Crippen molar-refractivity contribution < 1.29 is 5.11 Å². The molecule has 2 aromatic heterocycles. The lowest BCUT2D eigenvalue weighted by atomic mass is 10.2. The maximum Gasteiger partial charge on any atom is 0.172 e. The number of phenols is 1. The molecule has 0 fully saturated rings. The Kier molecular flexibility index (Phi) is 3.63. The van der Waals surface area contributed by atoms with Crippen LogP contribution >= 0.6 is 11.3 Å². The number of aromatic nitrogens is 2. The Morgan fingerprint density at radius 1 is 1.00 bits per heavy atom. The molecule has 0 aliphatic rings. The fourth-order valence-corrected chi connectivity index (χ4v) is 3.22. The first-order valence-corrected chi connectivity index (χ1v) is 8.46. The number of hydrogen-bond acceptors (Lipinski definition) is 5. The van der Waals surface area contributed by atoms with Gasteiger partial charge in [-0.1, -0.05) is 24.3 Å². The van der Waals surface area contributed by atoms with E-state index in [0.29, 0.717) is 17.3 Å². The van der Waals surface area contributed by atoms with E-state index in [1.165, 1.54) is 0 Å². The van der Waals surface area contributed by atoms with Gasteiger partial charge in [-0.05, 0) is 48.2 Å². The molecule has 2 aromatic carbocycles. The average Bonchev–Trinajstić information content (AvgIpc) is 3.13. The number of hydrogen-bond donors (Lipinski definition) is 2. The van der Waals surface area contributed by atoms with E-state index in [1.54, 1.807) is 17.4 Å². The molecular formula is C19H15N3OS. The van der Waals surface area contributed by atoms with Gasteiger partial charge in [0.2, 0.25) is 0 Å². The smallest absolute Gasteiger partial charge is 0.172 e. The van der Waals surface area contributed by atoms with Gasteiger partial charge in [-0.2, -0.15) is 0 Å². The summed E-state index contributed by atoms with van der Waals surface area (Å²) in [7, 11) is 0. The minimum absolute atomic E-state index is 0.195. The third kappa shape index (κ3) is 2.70. The van der Waals surface area contributed by atoms with Crippen molar-refractivity contribution in [3.63, 3.8) is 0 Å². The van der Waals surface area contributed by atoms with Crippen LogP contribution in [0.3, 0.4) is 0 Å². The molecule has 0 radical (unpaired) electrons. The first kappa shape index (κ1) is 14.7. The summed E-state index contributed by atoms with van der Waals surface area (Å²) in [5, 5.41) is 16.3. The number of nitrogens with one attached hydrogen (secondary N) is 1. The normalized spacial score (nSPS) is 10.9. The maximum absolute atomic E-state index is 10.1. The van der Waals surface area contributed by atoms with Crippen LogP contribution in [0, 0.1) is 6.92 Å². The highest BCUT2D eigenvalue weighted by Crippen LogP contribution is 2.32. The molecular weight excluding hydrogens is 318 g/mol. The van der Waals surface area contributed by atoms with Crippen molar-refractivity contribution in [2.75, 3.05) is 5.32 Å². The molecule has 5 heteroatoms. The number of rotatable bonds is 3. The number of anilines is 2. The molecule has 4 nitrogen and oxygen atoms in total. The van der Waals surface area contributed by atoms with E-state index in [1.807, 2.05) is 60.8 Å². The molecule has 0 spiro atoms. The number of thiophene rings is 1. The topological polar surface area (TPSA) is 58.0 Å². The standard InChI is InChI=1S/C19H15N3OS/c1-12-8-9-16(23)15(11-12)21-18-13-5-2-3-6-14(13)20-19(22-18)17-7-4-10-24-17/h2-11,23H,1H3,(H,20,21,22). The van der Waals surface area contributed by atoms with Gasteiger partial charge in [0.15, 0.2) is 5.82 Å². The fourth-order valence-electron chi connectivity index (χ4n) is 2.57. The zero-order valence-corrected chi connectivity index (χ0v) is 13.8. The Labute approximate surface area is 143 Å². The molecule has 0 aliphatic carbocycles. The van der Waals surface area contributed by atoms with Crippen molar-refractivity contribution >= 4 is 33.7 Å². The van der Waals surface area contributed by atoms with Crippen molar-refractivity contribution in [2.24, 2.45) is 0 Å². The minimum atomic E-state index is 0.195. The lowest BCUT2D eigenvalue weighted by Crippen LogP contribution is -1.99. The first-order valence-electron chi connectivity index (χ1n) is 7.58. The van der Waals surface area contributed by atoms with Gasteiger partial charge in [-0.3, -0.25) is 0 Å². The molecule has 0 amide bonds. The third-order valence-corrected chi connectivity index (χ3v) is 4.62. The first-order chi connectivity index (χ1) is 11.7. The predicted octanol–water partition coefficient (Wildman–Crippen LogP) is 5.12. The number of phenolic OH excluding ortho intramolecular Hbond substituents is 1. The Balaban J connectivity index is 1.88. The molecule has 0 aliphatic heterocycles. The molecule has 0 saturated carbocycles. The predicted molar refractivity (Wildman–Crippen MR) is 99.0 cm³/mol. The molecule has 24 heavy (non-hydrogen) atoms. The molecule has 2 heterocycles. The Hall–Kier alpha value is -2.92. The lowest BCUT2D eigenvalue weighted by molar-refractivity contribution is 0.477. The van der Waals surface area contributed by atoms with Crippen LogP contribution in [-0.2, 0) is 0 Å². The Bertz CT molecular complexity index is 1010. The highest BCUT2D eigenvalue weighted by Gasteiger charge is 2.11. The minimum Gasteiger partial charge on any atom is -0.506 e. The maximum atomic E-state index is 10.1. The number of aromatic hydroxyl groups is 1. The molecule has 2 N–H and O–H groups in total. The summed E-state index contributed by atoms with van der Waals surface area (Å²) in [5.41, 5.74) is 2.56. The molecule has 0 bridgehead atoms. The second kappa shape index (κ2) is 5.94. The van der Waals surface area contributed by atoms with Gasteiger partial charge in [-0.25, -0.2) is 9.97 Å². The summed E-state index contributed by atoms with van der Waals surface area (Å²) in [5.74, 6) is 1.56. The lowest BCUT2D eigenvalue weighted by Gasteiger charge is -2.12. The number of para-hydroxylation sites is 1. The number of aryl methyl sites for hydroxylation is 1. The van der Waals surface area contributed by atoms with Gasteiger partial charge in [0, 0.05) is 5.39 Å². The third-order valence-electron chi connectivity index (χ3n) is 3.75. The molecule has 118 valence electrons. The zero-order chi connectivity index (χ0) is 16.5. The molecule has 4 rings (SSSR count). The summed E-state index contributed by atoms with van der Waals surface area (Å²) in [6.45, 7) is 1.99. The summed E-state index contributed by atoms with van der Waals surface area (Å²) in [4.78, 5) is 10.4. The van der Waals surface area contributed by atoms with E-state index in [0.717, 1.165) is 21.3 Å². The van der Waals surface area contributed by atoms with Gasteiger partial charge < -0.3 is 10.4 Å². The highest BCUT2D eigenvalue weighted by atomic mass is 32.1. The van der Waals surface area contributed by atoms with E-state index in [9.17, 15) is 5.11 Å². The van der Waals surface area contributed by atoms with E-state index in [-0.39, 0.29) is 5.75 Å². The number of nitrogens with zero attached hydrogens (tertiary/aromatic N) is 2. The summed E-state index contributed by atoms with van der Waals surface area (Å²) in [6.07, 6.45) is 0. The van der Waals surface area contributed by atoms with Crippen LogP contribution in [0.1, 0.15) is 5.56 Å². The SMILES string of the molecule is Cc1ccc(O)c(Nc2nc(-c3cccs3)nc3ccccc23)c1. The van der Waals surface area contributed by atoms with Crippen LogP contribution in [0.4, 0.5) is 11.5 Å².